The van der Waals surface area contributed by atoms with Crippen molar-refractivity contribution in [2.24, 2.45) is 0 Å². The molecule has 0 aromatic heterocycles. The summed E-state index contributed by atoms with van der Waals surface area (Å²) in [5.41, 5.74) is 5.11. The molecule has 31 heavy (non-hydrogen) atoms. The van der Waals surface area contributed by atoms with E-state index < -0.39 is 0 Å². The molecule has 0 unspecified atom stereocenters. The zero-order chi connectivity index (χ0) is 20.8. The van der Waals surface area contributed by atoms with Crippen molar-refractivity contribution in [2.45, 2.75) is 0 Å². The molecule has 0 spiro atoms. The van der Waals surface area contributed by atoms with Crippen LogP contribution >= 0.6 is 22.6 Å². The summed E-state index contributed by atoms with van der Waals surface area (Å²) in [6, 6.07) is 41.8. The number of halogens is 1. The van der Waals surface area contributed by atoms with Crippen LogP contribution in [0.4, 0.5) is 0 Å². The second-order valence-corrected chi connectivity index (χ2v) is 9.11. The van der Waals surface area contributed by atoms with Crippen LogP contribution in [0.5, 0.6) is 0 Å². The van der Waals surface area contributed by atoms with Gasteiger partial charge in [0.1, 0.15) is 0 Å². The zero-order valence-electron chi connectivity index (χ0n) is 16.8. The van der Waals surface area contributed by atoms with Crippen LogP contribution < -0.4 is 0 Å². The molecule has 1 heteroatoms. The molecule has 6 aromatic carbocycles. The summed E-state index contributed by atoms with van der Waals surface area (Å²) >= 11 is 2.49. The van der Waals surface area contributed by atoms with Crippen molar-refractivity contribution < 1.29 is 0 Å². The standard InChI is InChI=1S/C30H19I/c31-30-19-24(28-14-6-10-21-8-2-4-12-26(21)28)17-22-15-16-23(18-29(22)30)27-13-5-9-20-7-1-3-11-25(20)27/h1-19H. The minimum Gasteiger partial charge on any atom is -0.0616 e. The van der Waals surface area contributed by atoms with Crippen LogP contribution in [0, 0.1) is 3.57 Å². The van der Waals surface area contributed by atoms with E-state index in [4.69, 9.17) is 0 Å². The van der Waals surface area contributed by atoms with E-state index in [9.17, 15) is 0 Å². The molecule has 0 nitrogen and oxygen atoms in total. The molecule has 0 radical (unpaired) electrons. The van der Waals surface area contributed by atoms with Gasteiger partial charge in [-0.25, -0.2) is 0 Å². The Morgan fingerprint density at radius 3 is 1.65 bits per heavy atom. The van der Waals surface area contributed by atoms with Crippen molar-refractivity contribution in [3.05, 3.63) is 119 Å². The van der Waals surface area contributed by atoms with Gasteiger partial charge >= 0.3 is 0 Å². The summed E-state index contributed by atoms with van der Waals surface area (Å²) in [7, 11) is 0. The van der Waals surface area contributed by atoms with Gasteiger partial charge < -0.3 is 0 Å². The minimum absolute atomic E-state index is 1.26. The lowest BCUT2D eigenvalue weighted by Crippen LogP contribution is -1.87. The number of benzene rings is 6. The van der Waals surface area contributed by atoms with Gasteiger partial charge in [-0.05, 0) is 95.4 Å². The highest BCUT2D eigenvalue weighted by atomic mass is 127. The third kappa shape index (κ3) is 3.21. The largest absolute Gasteiger partial charge is 0.0616 e. The maximum absolute atomic E-state index is 2.49. The Morgan fingerprint density at radius 1 is 0.387 bits per heavy atom. The second-order valence-electron chi connectivity index (χ2n) is 7.95. The van der Waals surface area contributed by atoms with Crippen LogP contribution in [0.2, 0.25) is 0 Å². The summed E-state index contributed by atoms with van der Waals surface area (Å²) < 4.78 is 1.28. The van der Waals surface area contributed by atoms with E-state index in [1.54, 1.807) is 0 Å². The molecule has 0 saturated heterocycles. The summed E-state index contributed by atoms with van der Waals surface area (Å²) in [6.45, 7) is 0. The molecule has 0 saturated carbocycles. The number of rotatable bonds is 2. The van der Waals surface area contributed by atoms with Crippen LogP contribution in [-0.2, 0) is 0 Å². The van der Waals surface area contributed by atoms with Crippen molar-refractivity contribution in [3.8, 4) is 22.3 Å². The Bertz CT molecular complexity index is 1580. The van der Waals surface area contributed by atoms with Gasteiger partial charge in [0.2, 0.25) is 0 Å². The van der Waals surface area contributed by atoms with E-state index in [0.717, 1.165) is 0 Å². The molecule has 146 valence electrons. The lowest BCUT2D eigenvalue weighted by Gasteiger charge is -2.12. The molecule has 0 N–H and O–H groups in total. The van der Waals surface area contributed by atoms with E-state index in [-0.39, 0.29) is 0 Å². The number of hydrogen-bond donors (Lipinski definition) is 0. The van der Waals surface area contributed by atoms with Gasteiger partial charge in [-0.3, -0.25) is 0 Å². The molecule has 6 rings (SSSR count). The van der Waals surface area contributed by atoms with Gasteiger partial charge in [-0.2, -0.15) is 0 Å². The monoisotopic (exact) mass is 506 g/mol. The Labute approximate surface area is 195 Å². The first-order valence-corrected chi connectivity index (χ1v) is 11.6. The number of fused-ring (bicyclic) bond motifs is 3. The lowest BCUT2D eigenvalue weighted by atomic mass is 9.93. The van der Waals surface area contributed by atoms with Crippen molar-refractivity contribution in [1.82, 2.24) is 0 Å². The molecule has 0 aliphatic rings. The average Bonchev–Trinajstić information content (AvgIpc) is 2.83. The van der Waals surface area contributed by atoms with E-state index in [1.165, 1.54) is 58.1 Å². The Balaban J connectivity index is 1.54. The van der Waals surface area contributed by atoms with E-state index >= 15 is 0 Å². The summed E-state index contributed by atoms with van der Waals surface area (Å²) in [5, 5.41) is 7.73. The second kappa shape index (κ2) is 7.51. The lowest BCUT2D eigenvalue weighted by molar-refractivity contribution is 1.64. The molecule has 6 aromatic rings. The molecule has 0 fully saturated rings. The van der Waals surface area contributed by atoms with Gasteiger partial charge in [-0.15, -0.1) is 0 Å². The topological polar surface area (TPSA) is 0 Å². The Kier molecular flexibility index (Phi) is 4.50. The zero-order valence-corrected chi connectivity index (χ0v) is 19.0. The Morgan fingerprint density at radius 2 is 0.968 bits per heavy atom. The van der Waals surface area contributed by atoms with Gasteiger partial charge in [0.15, 0.2) is 0 Å². The first kappa shape index (κ1) is 18.6. The quantitative estimate of drug-likeness (QED) is 0.206. The highest BCUT2D eigenvalue weighted by molar-refractivity contribution is 14.1. The molecule has 0 heterocycles. The predicted molar refractivity (Wildman–Crippen MR) is 143 cm³/mol. The van der Waals surface area contributed by atoms with Gasteiger partial charge in [0, 0.05) is 3.57 Å². The van der Waals surface area contributed by atoms with Crippen LogP contribution in [0.15, 0.2) is 115 Å². The fourth-order valence-electron chi connectivity index (χ4n) is 4.59. The fourth-order valence-corrected chi connectivity index (χ4v) is 5.39. The van der Waals surface area contributed by atoms with Crippen molar-refractivity contribution in [1.29, 1.82) is 0 Å². The van der Waals surface area contributed by atoms with Crippen LogP contribution in [0.3, 0.4) is 0 Å². The SMILES string of the molecule is Ic1cc(-c2cccc3ccccc23)cc2ccc(-c3cccc4ccccc34)cc12. The highest BCUT2D eigenvalue weighted by Crippen LogP contribution is 2.36. The van der Waals surface area contributed by atoms with Crippen LogP contribution in [0.1, 0.15) is 0 Å². The van der Waals surface area contributed by atoms with Crippen molar-refractivity contribution in [3.63, 3.8) is 0 Å². The third-order valence-corrected chi connectivity index (χ3v) is 7.00. The molecule has 0 atom stereocenters. The third-order valence-electron chi connectivity index (χ3n) is 6.11. The summed E-state index contributed by atoms with van der Waals surface area (Å²) in [6.07, 6.45) is 0. The maximum Gasteiger partial charge on any atom is 0.0215 e. The maximum atomic E-state index is 2.49. The summed E-state index contributed by atoms with van der Waals surface area (Å²) in [4.78, 5) is 0. The average molecular weight is 506 g/mol. The molecular weight excluding hydrogens is 487 g/mol. The molecule has 0 aliphatic carbocycles. The van der Waals surface area contributed by atoms with Crippen molar-refractivity contribution >= 4 is 54.9 Å². The normalized spacial score (nSPS) is 11.4. The number of hydrogen-bond acceptors (Lipinski definition) is 0. The van der Waals surface area contributed by atoms with Gasteiger partial charge in [0.05, 0.1) is 0 Å². The first-order chi connectivity index (χ1) is 15.3. The molecule has 0 aliphatic heterocycles. The van der Waals surface area contributed by atoms with E-state index in [1.807, 2.05) is 0 Å². The summed E-state index contributed by atoms with van der Waals surface area (Å²) in [5.74, 6) is 0. The highest BCUT2D eigenvalue weighted by Gasteiger charge is 2.10. The van der Waals surface area contributed by atoms with Crippen molar-refractivity contribution in [2.75, 3.05) is 0 Å². The van der Waals surface area contributed by atoms with Gasteiger partial charge in [0.25, 0.3) is 0 Å². The predicted octanol–water partition coefficient (Wildman–Crippen LogP) is 9.08. The van der Waals surface area contributed by atoms with Crippen LogP contribution in [-0.4, -0.2) is 0 Å². The first-order valence-electron chi connectivity index (χ1n) is 10.5. The van der Waals surface area contributed by atoms with Gasteiger partial charge in [-0.1, -0.05) is 97.1 Å². The molecule has 0 amide bonds. The Hall–Kier alpha value is -3.17. The minimum atomic E-state index is 1.26. The van der Waals surface area contributed by atoms with E-state index in [0.29, 0.717) is 0 Å². The smallest absolute Gasteiger partial charge is 0.0215 e. The molecule has 0 bridgehead atoms. The van der Waals surface area contributed by atoms with Crippen LogP contribution in [0.25, 0.3) is 54.6 Å². The fraction of sp³-hybridized carbons (Fsp3) is 0. The van der Waals surface area contributed by atoms with E-state index in [2.05, 4.69) is 138 Å². The molecular formula is C30H19I.